The molecule has 41 heavy (non-hydrogen) atoms. The maximum atomic E-state index is 12.4. The number of anilines is 1. The average Bonchev–Trinajstić information content (AvgIpc) is 3.53. The van der Waals surface area contributed by atoms with Crippen LogP contribution in [0.3, 0.4) is 0 Å². The van der Waals surface area contributed by atoms with Crippen LogP contribution in [0.1, 0.15) is 37.8 Å². The van der Waals surface area contributed by atoms with Crippen LogP contribution < -0.4 is 9.64 Å². The zero-order chi connectivity index (χ0) is 29.2. The minimum atomic E-state index is -4.75. The van der Waals surface area contributed by atoms with Crippen molar-refractivity contribution in [3.05, 3.63) is 90.3 Å². The summed E-state index contributed by atoms with van der Waals surface area (Å²) in [7, 11) is 0. The maximum Gasteiger partial charge on any atom is 0.573 e. The third-order valence-electron chi connectivity index (χ3n) is 6.29. The van der Waals surface area contributed by atoms with Gasteiger partial charge in [-0.1, -0.05) is 68.1 Å². The number of para-hydroxylation sites is 1. The summed E-state index contributed by atoms with van der Waals surface area (Å²) < 4.78 is 42.5. The molecule has 0 radical (unpaired) electrons. The van der Waals surface area contributed by atoms with Crippen molar-refractivity contribution in [2.24, 2.45) is 10.2 Å². The van der Waals surface area contributed by atoms with Gasteiger partial charge in [0, 0.05) is 17.0 Å². The Morgan fingerprint density at radius 3 is 2.44 bits per heavy atom. The van der Waals surface area contributed by atoms with Crippen molar-refractivity contribution in [3.8, 4) is 22.8 Å². The molecule has 1 aliphatic heterocycles. The maximum absolute atomic E-state index is 12.4. The minimum absolute atomic E-state index is 0.273. The molecule has 1 saturated heterocycles. The van der Waals surface area contributed by atoms with Gasteiger partial charge < -0.3 is 9.84 Å². The number of halogens is 3. The van der Waals surface area contributed by atoms with Gasteiger partial charge in [0.05, 0.1) is 11.9 Å². The number of alkyl halides is 3. The number of nitrogens with zero attached hydrogens (tertiary/aromatic N) is 6. The van der Waals surface area contributed by atoms with Crippen LogP contribution in [0, 0.1) is 0 Å². The van der Waals surface area contributed by atoms with E-state index in [-0.39, 0.29) is 11.7 Å². The summed E-state index contributed by atoms with van der Waals surface area (Å²) in [4.78, 5) is 6.15. The molecule has 0 amide bonds. The molecular formula is C29H27F3N6O2S. The molecule has 0 saturated carbocycles. The van der Waals surface area contributed by atoms with Crippen LogP contribution in [0.25, 0.3) is 17.1 Å². The lowest BCUT2D eigenvalue weighted by Crippen LogP contribution is -2.45. The third-order valence-corrected chi connectivity index (χ3v) is 7.51. The lowest BCUT2D eigenvalue weighted by atomic mass is 9.99. The molecule has 1 atom stereocenters. The zero-order valence-corrected chi connectivity index (χ0v) is 23.3. The predicted octanol–water partition coefficient (Wildman–Crippen LogP) is 6.61. The Balaban J connectivity index is 1.29. The van der Waals surface area contributed by atoms with E-state index >= 15 is 0 Å². The number of thioether (sulfide) groups is 1. The number of hydrogen-bond acceptors (Lipinski definition) is 7. The Kier molecular flexibility index (Phi) is 7.87. The molecule has 1 aromatic heterocycles. The number of amidine groups is 1. The van der Waals surface area contributed by atoms with E-state index in [4.69, 9.17) is 0 Å². The quantitative estimate of drug-likeness (QED) is 0.196. The first kappa shape index (κ1) is 28.4. The highest BCUT2D eigenvalue weighted by Gasteiger charge is 2.41. The Labute approximate surface area is 239 Å². The van der Waals surface area contributed by atoms with Gasteiger partial charge >= 0.3 is 6.36 Å². The number of hydrogen-bond donors (Lipinski definition) is 1. The van der Waals surface area contributed by atoms with Gasteiger partial charge in [0.25, 0.3) is 0 Å². The second kappa shape index (κ2) is 11.4. The van der Waals surface area contributed by atoms with E-state index in [1.165, 1.54) is 47.0 Å². The number of benzene rings is 3. The van der Waals surface area contributed by atoms with Crippen molar-refractivity contribution in [1.82, 2.24) is 14.8 Å². The van der Waals surface area contributed by atoms with Gasteiger partial charge in [-0.3, -0.25) is 4.90 Å². The van der Waals surface area contributed by atoms with Gasteiger partial charge in [-0.05, 0) is 54.3 Å². The van der Waals surface area contributed by atoms with Gasteiger partial charge in [0.1, 0.15) is 12.1 Å². The van der Waals surface area contributed by atoms with Crippen LogP contribution in [0.15, 0.2) is 89.3 Å². The Bertz CT molecular complexity index is 1560. The lowest BCUT2D eigenvalue weighted by molar-refractivity contribution is -0.274. The third kappa shape index (κ3) is 6.60. The van der Waals surface area contributed by atoms with E-state index < -0.39 is 12.1 Å². The van der Waals surface area contributed by atoms with Crippen LogP contribution in [0.5, 0.6) is 5.75 Å². The highest BCUT2D eigenvalue weighted by molar-refractivity contribution is 8.14. The van der Waals surface area contributed by atoms with Crippen LogP contribution in [0.2, 0.25) is 0 Å². The van der Waals surface area contributed by atoms with E-state index in [0.29, 0.717) is 22.4 Å². The molecule has 0 aliphatic carbocycles. The summed E-state index contributed by atoms with van der Waals surface area (Å²) in [6.45, 7) is 6.00. The molecule has 0 spiro atoms. The van der Waals surface area contributed by atoms with Crippen molar-refractivity contribution >= 4 is 28.8 Å². The molecule has 2 heterocycles. The molecule has 0 bridgehead atoms. The number of aliphatic hydroxyl groups is 1. The second-order valence-corrected chi connectivity index (χ2v) is 10.8. The minimum Gasteiger partial charge on any atom is -0.406 e. The highest BCUT2D eigenvalue weighted by Crippen LogP contribution is 2.39. The van der Waals surface area contributed by atoms with Gasteiger partial charge in [-0.25, -0.2) is 9.67 Å². The fourth-order valence-corrected chi connectivity index (χ4v) is 5.40. The SMILES string of the molecule is CC(C)c1ccccc1N1C(=NN=Cc2ccc(-c3ncn(-c4ccc(OC(F)(F)F)cc4)n3)cc2)SCC1(C)O. The molecule has 212 valence electrons. The van der Waals surface area contributed by atoms with Crippen LogP contribution in [-0.2, 0) is 0 Å². The summed E-state index contributed by atoms with van der Waals surface area (Å²) in [5.41, 5.74) is 3.03. The summed E-state index contributed by atoms with van der Waals surface area (Å²) in [6.07, 6.45) is -1.63. The van der Waals surface area contributed by atoms with Crippen LogP contribution in [0.4, 0.5) is 18.9 Å². The zero-order valence-electron chi connectivity index (χ0n) is 22.4. The van der Waals surface area contributed by atoms with E-state index in [9.17, 15) is 18.3 Å². The molecule has 1 fully saturated rings. The van der Waals surface area contributed by atoms with E-state index in [2.05, 4.69) is 44.9 Å². The van der Waals surface area contributed by atoms with Crippen molar-refractivity contribution in [3.63, 3.8) is 0 Å². The number of rotatable bonds is 7. The smallest absolute Gasteiger partial charge is 0.406 e. The summed E-state index contributed by atoms with van der Waals surface area (Å²) in [6, 6.07) is 20.7. The lowest BCUT2D eigenvalue weighted by Gasteiger charge is -2.32. The Morgan fingerprint density at radius 1 is 1.05 bits per heavy atom. The number of ether oxygens (including phenoxy) is 1. The van der Waals surface area contributed by atoms with Crippen molar-refractivity contribution < 1.29 is 23.0 Å². The van der Waals surface area contributed by atoms with E-state index in [1.807, 2.05) is 47.4 Å². The van der Waals surface area contributed by atoms with Crippen LogP contribution in [-0.4, -0.2) is 49.1 Å². The summed E-state index contributed by atoms with van der Waals surface area (Å²) in [5, 5.41) is 24.8. The monoisotopic (exact) mass is 580 g/mol. The van der Waals surface area contributed by atoms with Crippen molar-refractivity contribution in [2.45, 2.75) is 38.8 Å². The highest BCUT2D eigenvalue weighted by atomic mass is 32.2. The molecule has 1 N–H and O–H groups in total. The standard InChI is InChI=1S/C29H27F3N6O2S/c1-19(2)24-6-4-5-7-25(24)38-27(41-17-28(38,3)39)35-34-16-20-8-10-21(11-9-20)26-33-18-37(36-26)22-12-14-23(15-13-22)40-29(30,31)32/h4-16,18-19,39H,17H2,1-3H3. The van der Waals surface area contributed by atoms with Gasteiger partial charge in [0.2, 0.25) is 0 Å². The first-order chi connectivity index (χ1) is 19.5. The molecule has 5 rings (SSSR count). The first-order valence-electron chi connectivity index (χ1n) is 12.7. The van der Waals surface area contributed by atoms with Crippen LogP contribution >= 0.6 is 11.8 Å². The van der Waals surface area contributed by atoms with Gasteiger partial charge in [-0.15, -0.1) is 23.4 Å². The molecule has 1 aliphatic rings. The largest absolute Gasteiger partial charge is 0.573 e. The molecule has 3 aromatic carbocycles. The summed E-state index contributed by atoms with van der Waals surface area (Å²) in [5.74, 6) is 0.880. The fraction of sp³-hybridized carbons (Fsp3) is 0.241. The molecule has 1 unspecified atom stereocenters. The molecular weight excluding hydrogens is 553 g/mol. The van der Waals surface area contributed by atoms with Crippen molar-refractivity contribution in [1.29, 1.82) is 0 Å². The van der Waals surface area contributed by atoms with Crippen molar-refractivity contribution in [2.75, 3.05) is 10.7 Å². The average molecular weight is 581 g/mol. The van der Waals surface area contributed by atoms with E-state index in [0.717, 1.165) is 22.4 Å². The van der Waals surface area contributed by atoms with E-state index in [1.54, 1.807) is 13.1 Å². The predicted molar refractivity (Wildman–Crippen MR) is 155 cm³/mol. The number of aromatic nitrogens is 3. The molecule has 4 aromatic rings. The first-order valence-corrected chi connectivity index (χ1v) is 13.7. The summed E-state index contributed by atoms with van der Waals surface area (Å²) >= 11 is 1.45. The van der Waals surface area contributed by atoms with Gasteiger partial charge in [-0.2, -0.15) is 5.10 Å². The molecule has 12 heteroatoms. The van der Waals surface area contributed by atoms with Gasteiger partial charge in [0.15, 0.2) is 16.7 Å². The Hall–Kier alpha value is -4.16. The topological polar surface area (TPSA) is 88.1 Å². The normalized spacial score (nSPS) is 18.6. The fourth-order valence-electron chi connectivity index (χ4n) is 4.34. The second-order valence-electron chi connectivity index (χ2n) is 9.86. The molecule has 8 nitrogen and oxygen atoms in total. The Morgan fingerprint density at radius 2 is 1.76 bits per heavy atom.